The van der Waals surface area contributed by atoms with Crippen molar-refractivity contribution in [1.82, 2.24) is 0 Å². The van der Waals surface area contributed by atoms with E-state index in [0.29, 0.717) is 0 Å². The van der Waals surface area contributed by atoms with Crippen LogP contribution in [0.5, 0.6) is 0 Å². The van der Waals surface area contributed by atoms with E-state index in [1.807, 2.05) is 0 Å². The maximum atomic E-state index is 13.9. The number of Topliss-reactive ketones (excluding diaryl/α,β-unsaturated/α-hetero) is 9. The molecule has 0 aromatic heterocycles. The number of hydrogen-bond donors (Lipinski definition) is 0. The molecule has 0 amide bonds. The monoisotopic (exact) mass is 436 g/mol. The van der Waals surface area contributed by atoms with Crippen LogP contribution in [-0.4, -0.2) is 52.0 Å². The topological polar surface area (TPSA) is 154 Å². The van der Waals surface area contributed by atoms with Crippen LogP contribution in [0.2, 0.25) is 0 Å². The van der Waals surface area contributed by atoms with E-state index in [4.69, 9.17) is 0 Å². The van der Waals surface area contributed by atoms with Crippen LogP contribution in [0.25, 0.3) is 0 Å². The summed E-state index contributed by atoms with van der Waals surface area (Å²) >= 11 is 0. The summed E-state index contributed by atoms with van der Waals surface area (Å²) in [6.45, 7) is 6.71. The summed E-state index contributed by atoms with van der Waals surface area (Å²) in [5.41, 5.74) is -8.90. The smallest absolute Gasteiger partial charge is 0.204 e. The van der Waals surface area contributed by atoms with Crippen molar-refractivity contribution in [2.75, 3.05) is 0 Å². The van der Waals surface area contributed by atoms with Crippen molar-refractivity contribution >= 4 is 52.0 Å². The van der Waals surface area contributed by atoms with Crippen LogP contribution in [-0.2, 0) is 43.2 Å². The van der Waals surface area contributed by atoms with Crippen LogP contribution in [0.1, 0.15) is 68.2 Å². The van der Waals surface area contributed by atoms with Gasteiger partial charge in [-0.05, 0) is 61.8 Å². The molecule has 0 heterocycles. The minimum Gasteiger partial charge on any atom is -0.300 e. The summed E-state index contributed by atoms with van der Waals surface area (Å²) in [5.74, 6) is -10.7. The molecule has 0 aliphatic heterocycles. The zero-order valence-electron chi connectivity index (χ0n) is 19.1. The molecule has 0 aliphatic rings. The summed E-state index contributed by atoms with van der Waals surface area (Å²) in [6.07, 6.45) is -1.15. The fraction of sp³-hybridized carbons (Fsp3) is 0.591. The van der Waals surface area contributed by atoms with Gasteiger partial charge in [-0.2, -0.15) is 0 Å². The molecule has 0 fully saturated rings. The van der Waals surface area contributed by atoms with Crippen molar-refractivity contribution < 1.29 is 43.2 Å². The molecule has 0 unspecified atom stereocenters. The van der Waals surface area contributed by atoms with Crippen LogP contribution in [0.3, 0.4) is 0 Å². The van der Waals surface area contributed by atoms with Gasteiger partial charge in [-0.3, -0.25) is 38.4 Å². The molecule has 0 aromatic rings. The Morgan fingerprint density at radius 3 is 1.00 bits per heavy atom. The maximum absolute atomic E-state index is 13.9. The maximum Gasteiger partial charge on any atom is 0.204 e. The van der Waals surface area contributed by atoms with E-state index in [-0.39, 0.29) is 0 Å². The third-order valence-corrected chi connectivity index (χ3v) is 6.02. The predicted octanol–water partition coefficient (Wildman–Crippen LogP) is 1.01. The van der Waals surface area contributed by atoms with Gasteiger partial charge in [0.1, 0.15) is 22.8 Å². The average Bonchev–Trinajstić information content (AvgIpc) is 2.56. The summed E-state index contributed by atoms with van der Waals surface area (Å²) < 4.78 is 0. The fourth-order valence-corrected chi connectivity index (χ4v) is 4.55. The van der Waals surface area contributed by atoms with Crippen LogP contribution < -0.4 is 0 Å². The first-order valence-electron chi connectivity index (χ1n) is 9.54. The van der Waals surface area contributed by atoms with E-state index >= 15 is 0 Å². The van der Waals surface area contributed by atoms with E-state index in [0.717, 1.165) is 55.4 Å². The molecule has 9 nitrogen and oxygen atoms in total. The van der Waals surface area contributed by atoms with Gasteiger partial charge in [0.2, 0.25) is 5.41 Å². The highest BCUT2D eigenvalue weighted by atomic mass is 16.2. The second kappa shape index (κ2) is 9.45. The van der Waals surface area contributed by atoms with Gasteiger partial charge < -0.3 is 4.79 Å². The molecule has 170 valence electrons. The van der Waals surface area contributed by atoms with Gasteiger partial charge in [0.15, 0.2) is 40.1 Å². The molecule has 0 aromatic carbocycles. The minimum atomic E-state index is -3.15. The first kappa shape index (κ1) is 28.0. The Labute approximate surface area is 180 Å². The quantitative estimate of drug-likeness (QED) is 0.385. The van der Waals surface area contributed by atoms with Gasteiger partial charge in [-0.25, -0.2) is 0 Å². The van der Waals surface area contributed by atoms with Crippen LogP contribution >= 0.6 is 0 Å². The molecule has 9 heteroatoms. The largest absolute Gasteiger partial charge is 0.300 e. The number of ketones is 9. The zero-order valence-corrected chi connectivity index (χ0v) is 19.1. The van der Waals surface area contributed by atoms with Crippen molar-refractivity contribution in [3.63, 3.8) is 0 Å². The highest BCUT2D eigenvalue weighted by Crippen LogP contribution is 2.51. The van der Waals surface area contributed by atoms with Gasteiger partial charge in [0.05, 0.1) is 0 Å². The molecule has 0 saturated carbocycles. The van der Waals surface area contributed by atoms with Crippen molar-refractivity contribution in [3.8, 4) is 0 Å². The summed E-state index contributed by atoms with van der Waals surface area (Å²) in [4.78, 5) is 115. The van der Waals surface area contributed by atoms with Crippen molar-refractivity contribution in [2.45, 2.75) is 68.2 Å². The molecule has 0 spiro atoms. The molecule has 0 atom stereocenters. The zero-order chi connectivity index (χ0) is 25.1. The Hall–Kier alpha value is -2.97. The Kier molecular flexibility index (Phi) is 8.54. The van der Waals surface area contributed by atoms with Crippen molar-refractivity contribution in [2.24, 2.45) is 16.2 Å². The second-order valence-electron chi connectivity index (χ2n) is 7.83. The Balaban J connectivity index is 7.99. The van der Waals surface area contributed by atoms with Gasteiger partial charge in [-0.1, -0.05) is 0 Å². The first-order valence-corrected chi connectivity index (χ1v) is 9.54. The van der Waals surface area contributed by atoms with E-state index in [2.05, 4.69) is 0 Å². The Morgan fingerprint density at radius 1 is 0.484 bits per heavy atom. The standard InChI is InChI=1S/C22H28O9/c1-11(23)9-10-20(12(2)24,13(3)25)22(17(7)29,18(8)30)19(31)21(14(4)26,15(5)27)16(6)28/h9-10H2,1-8H3. The van der Waals surface area contributed by atoms with Crippen LogP contribution in [0.15, 0.2) is 0 Å². The van der Waals surface area contributed by atoms with Gasteiger partial charge in [0.25, 0.3) is 0 Å². The lowest BCUT2D eigenvalue weighted by Crippen LogP contribution is -2.69. The Morgan fingerprint density at radius 2 is 0.806 bits per heavy atom. The number of hydrogen-bond acceptors (Lipinski definition) is 9. The first-order chi connectivity index (χ1) is 13.9. The van der Waals surface area contributed by atoms with Crippen molar-refractivity contribution in [3.05, 3.63) is 0 Å². The molecule has 0 rings (SSSR count). The lowest BCUT2D eigenvalue weighted by molar-refractivity contribution is -0.175. The molecule has 0 radical (unpaired) electrons. The molecule has 0 bridgehead atoms. The highest BCUT2D eigenvalue weighted by Gasteiger charge is 2.73. The lowest BCUT2D eigenvalue weighted by atomic mass is 9.47. The third-order valence-electron chi connectivity index (χ3n) is 6.02. The Bertz CT molecular complexity index is 840. The minimum absolute atomic E-state index is 0.456. The normalized spacial score (nSPS) is 12.0. The molecular formula is C22H28O9. The fourth-order valence-electron chi connectivity index (χ4n) is 4.55. The second-order valence-corrected chi connectivity index (χ2v) is 7.83. The summed E-state index contributed by atoms with van der Waals surface area (Å²) in [6, 6.07) is 0. The summed E-state index contributed by atoms with van der Waals surface area (Å²) in [5, 5.41) is 0. The molecule has 0 saturated heterocycles. The molecule has 31 heavy (non-hydrogen) atoms. The molecule has 0 aliphatic carbocycles. The van der Waals surface area contributed by atoms with E-state index in [1.54, 1.807) is 0 Å². The summed E-state index contributed by atoms with van der Waals surface area (Å²) in [7, 11) is 0. The highest BCUT2D eigenvalue weighted by molar-refractivity contribution is 6.46. The number of carbonyl (C=O) groups is 9. The van der Waals surface area contributed by atoms with Gasteiger partial charge in [0, 0.05) is 6.42 Å². The predicted molar refractivity (Wildman–Crippen MR) is 107 cm³/mol. The van der Waals surface area contributed by atoms with E-state index < -0.39 is 81.1 Å². The van der Waals surface area contributed by atoms with E-state index in [9.17, 15) is 43.2 Å². The van der Waals surface area contributed by atoms with Crippen molar-refractivity contribution in [1.29, 1.82) is 0 Å². The van der Waals surface area contributed by atoms with Crippen LogP contribution in [0, 0.1) is 16.2 Å². The molecular weight excluding hydrogens is 408 g/mol. The number of carbonyl (C=O) groups excluding carboxylic acids is 9. The molecule has 0 N–H and O–H groups in total. The average molecular weight is 436 g/mol. The van der Waals surface area contributed by atoms with E-state index in [1.165, 1.54) is 0 Å². The SMILES string of the molecule is CC(=O)CCC(C(C)=O)(C(C)=O)C(C(C)=O)(C(C)=O)C(=O)C(C(C)=O)(C(C)=O)C(C)=O. The lowest BCUT2D eigenvalue weighted by Gasteiger charge is -2.46. The third kappa shape index (κ3) is 3.88. The van der Waals surface area contributed by atoms with Gasteiger partial charge in [-0.15, -0.1) is 0 Å². The van der Waals surface area contributed by atoms with Gasteiger partial charge >= 0.3 is 0 Å². The van der Waals surface area contributed by atoms with Crippen LogP contribution in [0.4, 0.5) is 0 Å². The number of rotatable bonds is 13.